The summed E-state index contributed by atoms with van der Waals surface area (Å²) in [4.78, 5) is 44.6. The Morgan fingerprint density at radius 2 is 1.71 bits per heavy atom. The molecular weight excluding hydrogens is 524 g/mol. The van der Waals surface area contributed by atoms with E-state index in [-0.39, 0.29) is 0 Å². The van der Waals surface area contributed by atoms with E-state index in [2.05, 4.69) is 13.4 Å². The van der Waals surface area contributed by atoms with E-state index in [4.69, 9.17) is 15.2 Å². The van der Waals surface area contributed by atoms with Gasteiger partial charge in [-0.2, -0.15) is 4.31 Å². The molecule has 2 aliphatic heterocycles. The molecule has 2 saturated heterocycles. The average Bonchev–Trinajstić information content (AvgIpc) is 3.02. The van der Waals surface area contributed by atoms with Crippen LogP contribution in [0.15, 0.2) is 21.9 Å². The number of H-pyrrole nitrogens is 1. The van der Waals surface area contributed by atoms with Crippen molar-refractivity contribution in [3.05, 3.63) is 33.1 Å². The highest BCUT2D eigenvalue weighted by atomic mass is 31.3. The van der Waals surface area contributed by atoms with Gasteiger partial charge in [-0.1, -0.05) is 0 Å². The Kier molecular flexibility index (Phi) is 8.52. The van der Waals surface area contributed by atoms with E-state index in [1.807, 2.05) is 4.98 Å². The number of rotatable bonds is 8. The van der Waals surface area contributed by atoms with Crippen LogP contribution in [0.5, 0.6) is 0 Å². The van der Waals surface area contributed by atoms with E-state index < -0.39 is 88.7 Å². The number of nitrogens with two attached hydrogens (primary N) is 1. The van der Waals surface area contributed by atoms with Crippen LogP contribution in [0.3, 0.4) is 0 Å². The van der Waals surface area contributed by atoms with Crippen molar-refractivity contribution in [3.63, 3.8) is 0 Å². The monoisotopic (exact) mass is 549 g/mol. The first-order valence-corrected chi connectivity index (χ1v) is 12.9. The minimum atomic E-state index is -5.46. The fourth-order valence-corrected chi connectivity index (χ4v) is 5.49. The third kappa shape index (κ3) is 6.51. The second-order valence-corrected chi connectivity index (χ2v) is 10.7. The summed E-state index contributed by atoms with van der Waals surface area (Å²) in [6.45, 7) is 0.392. The van der Waals surface area contributed by atoms with Gasteiger partial charge in [-0.3, -0.25) is 23.4 Å². The third-order valence-electron chi connectivity index (χ3n) is 5.22. The highest BCUT2D eigenvalue weighted by molar-refractivity contribution is 7.61. The van der Waals surface area contributed by atoms with Crippen molar-refractivity contribution < 1.29 is 62.2 Å². The molecule has 11 atom stereocenters. The lowest BCUT2D eigenvalue weighted by Crippen LogP contribution is -2.60. The van der Waals surface area contributed by atoms with Gasteiger partial charge >= 0.3 is 21.3 Å². The van der Waals surface area contributed by atoms with Gasteiger partial charge in [0.15, 0.2) is 12.5 Å². The molecule has 35 heavy (non-hydrogen) atoms. The average molecular weight is 549 g/mol. The van der Waals surface area contributed by atoms with Crippen LogP contribution in [0.2, 0.25) is 0 Å². The van der Waals surface area contributed by atoms with Crippen molar-refractivity contribution in [1.29, 1.82) is 0 Å². The summed E-state index contributed by atoms with van der Waals surface area (Å²) in [7, 11) is -10.9. The second-order valence-electron chi connectivity index (χ2n) is 7.75. The van der Waals surface area contributed by atoms with Crippen LogP contribution in [0.1, 0.15) is 13.2 Å². The molecule has 9 N–H and O–H groups in total. The van der Waals surface area contributed by atoms with Gasteiger partial charge in [0.25, 0.3) is 5.56 Å². The zero-order valence-corrected chi connectivity index (χ0v) is 19.6. The maximum atomic E-state index is 12.2. The molecule has 1 aromatic heterocycles. The number of aliphatic hydroxyl groups is 4. The van der Waals surface area contributed by atoms with Crippen LogP contribution >= 0.6 is 15.6 Å². The molecule has 0 radical (unpaired) electrons. The highest BCUT2D eigenvalue weighted by Crippen LogP contribution is 2.61. The minimum Gasteiger partial charge on any atom is -0.388 e. The summed E-state index contributed by atoms with van der Waals surface area (Å²) in [5, 5.41) is 40.0. The van der Waals surface area contributed by atoms with Crippen LogP contribution in [0, 0.1) is 0 Å². The van der Waals surface area contributed by atoms with E-state index in [0.29, 0.717) is 0 Å². The van der Waals surface area contributed by atoms with Crippen molar-refractivity contribution in [2.24, 2.45) is 5.73 Å². The molecule has 2 aliphatic rings. The molecule has 18 nitrogen and oxygen atoms in total. The highest BCUT2D eigenvalue weighted by Gasteiger charge is 2.48. The number of phosphoric acid groups is 2. The molecule has 3 heterocycles. The lowest BCUT2D eigenvalue weighted by atomic mass is 9.98. The Bertz CT molecular complexity index is 1110. The zero-order chi connectivity index (χ0) is 26.3. The van der Waals surface area contributed by atoms with Crippen LogP contribution in [0.25, 0.3) is 0 Å². The fraction of sp³-hybridized carbons (Fsp3) is 0.733. The molecule has 2 unspecified atom stereocenters. The summed E-state index contributed by atoms with van der Waals surface area (Å²) in [5.74, 6) is 0. The van der Waals surface area contributed by atoms with Gasteiger partial charge in [-0.25, -0.2) is 13.9 Å². The smallest absolute Gasteiger partial charge is 0.388 e. The maximum Gasteiger partial charge on any atom is 0.483 e. The first-order chi connectivity index (χ1) is 16.1. The first-order valence-electron chi connectivity index (χ1n) is 9.92. The van der Waals surface area contributed by atoms with E-state index in [0.717, 1.165) is 16.8 Å². The Morgan fingerprint density at radius 1 is 1.06 bits per heavy atom. The van der Waals surface area contributed by atoms with Crippen molar-refractivity contribution in [2.75, 3.05) is 6.61 Å². The van der Waals surface area contributed by atoms with E-state index >= 15 is 0 Å². The number of ether oxygens (including phenoxy) is 2. The second kappa shape index (κ2) is 10.6. The number of aliphatic hydroxyl groups excluding tert-OH is 4. The van der Waals surface area contributed by atoms with Crippen molar-refractivity contribution in [2.45, 2.75) is 62.1 Å². The third-order valence-corrected chi connectivity index (χ3v) is 7.82. The van der Waals surface area contributed by atoms with Gasteiger partial charge in [0.05, 0.1) is 18.8 Å². The predicted octanol–water partition coefficient (Wildman–Crippen LogP) is -3.80. The number of aromatic nitrogens is 2. The summed E-state index contributed by atoms with van der Waals surface area (Å²) >= 11 is 0. The van der Waals surface area contributed by atoms with E-state index in [9.17, 15) is 48.9 Å². The number of phosphoric ester groups is 2. The molecule has 0 spiro atoms. The van der Waals surface area contributed by atoms with Crippen LogP contribution in [-0.4, -0.2) is 95.3 Å². The van der Waals surface area contributed by atoms with Gasteiger partial charge in [-0.05, 0) is 6.92 Å². The van der Waals surface area contributed by atoms with E-state index in [1.165, 1.54) is 6.92 Å². The molecule has 20 heteroatoms. The molecule has 0 bridgehead atoms. The number of nitrogens with one attached hydrogen (secondary N) is 1. The molecule has 0 aromatic carbocycles. The Hall–Kier alpha value is -1.34. The summed E-state index contributed by atoms with van der Waals surface area (Å²) in [5.41, 5.74) is 3.87. The van der Waals surface area contributed by atoms with Crippen molar-refractivity contribution in [3.8, 4) is 0 Å². The fourth-order valence-electron chi connectivity index (χ4n) is 3.33. The van der Waals surface area contributed by atoms with Crippen molar-refractivity contribution in [1.82, 2.24) is 9.55 Å². The van der Waals surface area contributed by atoms with Crippen LogP contribution < -0.4 is 17.0 Å². The van der Waals surface area contributed by atoms with Crippen molar-refractivity contribution >= 4 is 15.6 Å². The van der Waals surface area contributed by atoms with Crippen LogP contribution in [0.4, 0.5) is 0 Å². The number of hydrogen-bond acceptors (Lipinski definition) is 14. The summed E-state index contributed by atoms with van der Waals surface area (Å²) in [6, 6.07) is -0.108. The Balaban J connectivity index is 1.61. The van der Waals surface area contributed by atoms with Gasteiger partial charge < -0.3 is 45.4 Å². The largest absolute Gasteiger partial charge is 0.483 e. The van der Waals surface area contributed by atoms with Gasteiger partial charge in [0.1, 0.15) is 30.5 Å². The summed E-state index contributed by atoms with van der Waals surface area (Å²) in [6.07, 6.45) is -12.0. The minimum absolute atomic E-state index is 0.730. The number of aromatic amines is 1. The number of hydrogen-bond donors (Lipinski definition) is 8. The van der Waals surface area contributed by atoms with Gasteiger partial charge in [0, 0.05) is 12.3 Å². The number of nitrogens with zero attached hydrogens (tertiary/aromatic N) is 1. The van der Waals surface area contributed by atoms with Gasteiger partial charge in [0.2, 0.25) is 0 Å². The normalized spacial score (nSPS) is 39.1. The maximum absolute atomic E-state index is 12.2. The Morgan fingerprint density at radius 3 is 2.34 bits per heavy atom. The Labute approximate surface area is 195 Å². The quantitative estimate of drug-likeness (QED) is 0.144. The molecule has 2 fully saturated rings. The molecule has 0 aliphatic carbocycles. The molecule has 1 aromatic rings. The van der Waals surface area contributed by atoms with Crippen LogP contribution in [-0.2, 0) is 32.0 Å². The first kappa shape index (κ1) is 28.2. The zero-order valence-electron chi connectivity index (χ0n) is 17.8. The topological polar surface area (TPSA) is 283 Å². The standard InChI is InChI=1S/C15H25N3O15P2/c1-5-8(16)10(21)12(23)14(30-5)32-35(27,28)33-34(25,26)29-4-6-9(20)11(22)13(31-6)18-3-2-7(19)17-15(18)24/h2-3,5-6,8-14,20-23H,4,16H2,1H3,(H,25,26)(H,27,28)(H,17,19,24)/t5-,6-,8-,9-,10+,11-,12-,13-,14-/m1/s1. The molecule has 0 saturated carbocycles. The lowest BCUT2D eigenvalue weighted by molar-refractivity contribution is -0.242. The molecule has 200 valence electrons. The molecule has 3 rings (SSSR count). The lowest BCUT2D eigenvalue weighted by Gasteiger charge is -2.39. The van der Waals surface area contributed by atoms with E-state index in [1.54, 1.807) is 0 Å². The SMILES string of the molecule is C[C@H]1O[C@H](OP(=O)(O)OP(=O)(O)OC[C@H]2O[C@@H](n3ccc(=O)[nH]c3=O)[C@H](O)[C@@H]2O)[C@H](O)[C@@H](O)[C@@H]1N. The molecule has 0 amide bonds. The summed E-state index contributed by atoms with van der Waals surface area (Å²) < 4.78 is 48.6. The predicted molar refractivity (Wildman–Crippen MR) is 109 cm³/mol. The molecular formula is C15H25N3O15P2. The van der Waals surface area contributed by atoms with Gasteiger partial charge in [-0.15, -0.1) is 0 Å².